The summed E-state index contributed by atoms with van der Waals surface area (Å²) in [5.74, 6) is -0.607. The van der Waals surface area contributed by atoms with Crippen molar-refractivity contribution in [3.8, 4) is 11.4 Å². The number of amides is 1. The molecular formula is C15H11BrFN5O. The van der Waals surface area contributed by atoms with Gasteiger partial charge in [-0.05, 0) is 35.5 Å². The molecule has 1 amide bonds. The molecule has 0 aliphatic carbocycles. The number of hydrogen-bond acceptors (Lipinski definition) is 4. The molecule has 0 radical (unpaired) electrons. The molecule has 8 heteroatoms. The minimum absolute atomic E-state index is 0.117. The molecule has 2 aromatic carbocycles. The number of hydrogen-bond donors (Lipinski definition) is 1. The minimum Gasteiger partial charge on any atom is -0.324 e. The highest BCUT2D eigenvalue weighted by atomic mass is 79.9. The molecule has 0 spiro atoms. The Morgan fingerprint density at radius 3 is 2.83 bits per heavy atom. The second kappa shape index (κ2) is 6.66. The van der Waals surface area contributed by atoms with Gasteiger partial charge in [0.25, 0.3) is 0 Å². The average Bonchev–Trinajstić information content (AvgIpc) is 2.95. The molecule has 0 aliphatic rings. The van der Waals surface area contributed by atoms with Crippen LogP contribution in [0.2, 0.25) is 0 Å². The van der Waals surface area contributed by atoms with E-state index in [1.54, 1.807) is 30.3 Å². The zero-order valence-corrected chi connectivity index (χ0v) is 13.4. The maximum atomic E-state index is 13.7. The summed E-state index contributed by atoms with van der Waals surface area (Å²) < 4.78 is 14.5. The monoisotopic (exact) mass is 375 g/mol. The zero-order valence-electron chi connectivity index (χ0n) is 11.8. The van der Waals surface area contributed by atoms with Crippen molar-refractivity contribution in [3.05, 3.63) is 58.8 Å². The maximum Gasteiger partial charge on any atom is 0.248 e. The Morgan fingerprint density at radius 2 is 2.04 bits per heavy atom. The van der Waals surface area contributed by atoms with Gasteiger partial charge >= 0.3 is 0 Å². The Kier molecular flexibility index (Phi) is 4.42. The third-order valence-corrected chi connectivity index (χ3v) is 3.45. The van der Waals surface area contributed by atoms with E-state index >= 15 is 0 Å². The highest BCUT2D eigenvalue weighted by Crippen LogP contribution is 2.17. The predicted octanol–water partition coefficient (Wildman–Crippen LogP) is 2.88. The van der Waals surface area contributed by atoms with E-state index in [0.717, 1.165) is 9.27 Å². The van der Waals surface area contributed by atoms with Crippen molar-refractivity contribution >= 4 is 27.5 Å². The Hall–Kier alpha value is -2.61. The molecule has 0 saturated carbocycles. The first-order chi connectivity index (χ1) is 11.1. The van der Waals surface area contributed by atoms with E-state index in [-0.39, 0.29) is 23.8 Å². The van der Waals surface area contributed by atoms with Crippen molar-refractivity contribution in [2.45, 2.75) is 6.54 Å². The number of tetrazole rings is 1. The zero-order chi connectivity index (χ0) is 16.2. The molecule has 3 aromatic rings. The van der Waals surface area contributed by atoms with Gasteiger partial charge in [-0.1, -0.05) is 34.1 Å². The van der Waals surface area contributed by atoms with Crippen molar-refractivity contribution in [3.63, 3.8) is 0 Å². The minimum atomic E-state index is -0.439. The molecular weight excluding hydrogens is 365 g/mol. The summed E-state index contributed by atoms with van der Waals surface area (Å²) in [6, 6.07) is 13.3. The fourth-order valence-electron chi connectivity index (χ4n) is 1.96. The summed E-state index contributed by atoms with van der Waals surface area (Å²) in [4.78, 5) is 13.1. The van der Waals surface area contributed by atoms with Crippen LogP contribution < -0.4 is 5.32 Å². The third-order valence-electron chi connectivity index (χ3n) is 2.96. The summed E-state index contributed by atoms with van der Waals surface area (Å²) in [6.07, 6.45) is 0. The van der Waals surface area contributed by atoms with Crippen molar-refractivity contribution in [2.24, 2.45) is 0 Å². The van der Waals surface area contributed by atoms with Crippen LogP contribution >= 0.6 is 15.9 Å². The van der Waals surface area contributed by atoms with Crippen LogP contribution in [0.1, 0.15) is 0 Å². The van der Waals surface area contributed by atoms with E-state index in [0.29, 0.717) is 5.69 Å². The largest absolute Gasteiger partial charge is 0.324 e. The van der Waals surface area contributed by atoms with Crippen LogP contribution in [0.4, 0.5) is 10.1 Å². The summed E-state index contributed by atoms with van der Waals surface area (Å²) in [6.45, 7) is -0.117. The topological polar surface area (TPSA) is 72.7 Å². The lowest BCUT2D eigenvalue weighted by Gasteiger charge is -2.04. The molecule has 0 unspecified atom stereocenters. The van der Waals surface area contributed by atoms with Gasteiger partial charge in [-0.25, -0.2) is 4.39 Å². The van der Waals surface area contributed by atoms with Crippen LogP contribution in [-0.2, 0) is 11.3 Å². The van der Waals surface area contributed by atoms with Gasteiger partial charge in [-0.3, -0.25) is 4.79 Å². The number of carbonyl (C=O) groups is 1. The maximum absolute atomic E-state index is 13.7. The number of anilines is 1. The van der Waals surface area contributed by atoms with Crippen LogP contribution in [0, 0.1) is 5.82 Å². The first kappa shape index (κ1) is 15.3. The van der Waals surface area contributed by atoms with Crippen molar-refractivity contribution in [2.75, 3.05) is 5.32 Å². The molecule has 23 heavy (non-hydrogen) atoms. The fraction of sp³-hybridized carbons (Fsp3) is 0.0667. The first-order valence-electron chi connectivity index (χ1n) is 6.70. The fourth-order valence-corrected chi connectivity index (χ4v) is 2.36. The van der Waals surface area contributed by atoms with Gasteiger partial charge in [0.05, 0.1) is 5.56 Å². The average molecular weight is 376 g/mol. The summed E-state index contributed by atoms with van der Waals surface area (Å²) in [5.41, 5.74) is 0.893. The number of halogens is 2. The quantitative estimate of drug-likeness (QED) is 0.760. The number of benzene rings is 2. The first-order valence-corrected chi connectivity index (χ1v) is 7.49. The molecule has 6 nitrogen and oxygen atoms in total. The van der Waals surface area contributed by atoms with E-state index in [1.807, 2.05) is 12.1 Å². The summed E-state index contributed by atoms with van der Waals surface area (Å²) >= 11 is 3.33. The van der Waals surface area contributed by atoms with Crippen molar-refractivity contribution < 1.29 is 9.18 Å². The molecule has 1 aromatic heterocycles. The number of nitrogens with one attached hydrogen (secondary N) is 1. The lowest BCUT2D eigenvalue weighted by molar-refractivity contribution is -0.117. The highest BCUT2D eigenvalue weighted by Gasteiger charge is 2.12. The van der Waals surface area contributed by atoms with Crippen LogP contribution in [-0.4, -0.2) is 26.1 Å². The van der Waals surface area contributed by atoms with Crippen LogP contribution in [0.5, 0.6) is 0 Å². The number of aromatic nitrogens is 4. The third kappa shape index (κ3) is 3.78. The second-order valence-corrected chi connectivity index (χ2v) is 5.60. The van der Waals surface area contributed by atoms with E-state index in [2.05, 4.69) is 36.7 Å². The molecule has 0 fully saturated rings. The number of carbonyl (C=O) groups excluding carboxylic acids is 1. The van der Waals surface area contributed by atoms with Gasteiger partial charge in [-0.15, -0.1) is 10.2 Å². The van der Waals surface area contributed by atoms with E-state index < -0.39 is 5.82 Å². The normalized spacial score (nSPS) is 10.5. The van der Waals surface area contributed by atoms with E-state index in [1.165, 1.54) is 6.07 Å². The van der Waals surface area contributed by atoms with Gasteiger partial charge < -0.3 is 5.32 Å². The van der Waals surface area contributed by atoms with Gasteiger partial charge in [0.1, 0.15) is 12.4 Å². The lowest BCUT2D eigenvalue weighted by atomic mass is 10.2. The van der Waals surface area contributed by atoms with E-state index in [9.17, 15) is 9.18 Å². The van der Waals surface area contributed by atoms with Crippen molar-refractivity contribution in [1.29, 1.82) is 0 Å². The van der Waals surface area contributed by atoms with Gasteiger partial charge in [0.2, 0.25) is 11.7 Å². The smallest absolute Gasteiger partial charge is 0.248 e. The SMILES string of the molecule is O=C(Cn1nnc(-c2ccccc2F)n1)Nc1cccc(Br)c1. The van der Waals surface area contributed by atoms with Gasteiger partial charge in [0.15, 0.2) is 0 Å². The summed E-state index contributed by atoms with van der Waals surface area (Å²) in [5, 5.41) is 14.3. The van der Waals surface area contributed by atoms with Gasteiger partial charge in [-0.2, -0.15) is 4.80 Å². The van der Waals surface area contributed by atoms with Crippen molar-refractivity contribution in [1.82, 2.24) is 20.2 Å². The molecule has 0 saturated heterocycles. The van der Waals surface area contributed by atoms with Crippen LogP contribution in [0.15, 0.2) is 53.0 Å². The molecule has 116 valence electrons. The van der Waals surface area contributed by atoms with Crippen LogP contribution in [0.3, 0.4) is 0 Å². The summed E-state index contributed by atoms with van der Waals surface area (Å²) in [7, 11) is 0. The predicted molar refractivity (Wildman–Crippen MR) is 86.0 cm³/mol. The molecule has 3 rings (SSSR count). The standard InChI is InChI=1S/C15H11BrFN5O/c16-10-4-3-5-11(8-10)18-14(23)9-22-20-15(19-21-22)12-6-1-2-7-13(12)17/h1-8H,9H2,(H,18,23). The Balaban J connectivity index is 1.69. The van der Waals surface area contributed by atoms with Crippen LogP contribution in [0.25, 0.3) is 11.4 Å². The Bertz CT molecular complexity index is 851. The lowest BCUT2D eigenvalue weighted by Crippen LogP contribution is -2.20. The van der Waals surface area contributed by atoms with E-state index in [4.69, 9.17) is 0 Å². The molecule has 0 bridgehead atoms. The molecule has 0 atom stereocenters. The number of nitrogens with zero attached hydrogens (tertiary/aromatic N) is 4. The van der Waals surface area contributed by atoms with Gasteiger partial charge in [0, 0.05) is 10.2 Å². The molecule has 1 heterocycles. The Morgan fingerprint density at radius 1 is 1.22 bits per heavy atom. The Labute approximate surface area is 139 Å². The number of rotatable bonds is 4. The highest BCUT2D eigenvalue weighted by molar-refractivity contribution is 9.10. The molecule has 1 N–H and O–H groups in total. The second-order valence-electron chi connectivity index (χ2n) is 4.68. The molecule has 0 aliphatic heterocycles.